The minimum absolute atomic E-state index is 0.0424. The summed E-state index contributed by atoms with van der Waals surface area (Å²) in [6.07, 6.45) is -0.483. The highest BCUT2D eigenvalue weighted by atomic mass is 16.6. The quantitative estimate of drug-likeness (QED) is 0.418. The van der Waals surface area contributed by atoms with Gasteiger partial charge in [0.2, 0.25) is 11.8 Å². The normalized spacial score (nSPS) is 13.0. The highest BCUT2D eigenvalue weighted by Crippen LogP contribution is 2.24. The lowest BCUT2D eigenvalue weighted by Crippen LogP contribution is -2.49. The van der Waals surface area contributed by atoms with Crippen LogP contribution in [0.3, 0.4) is 0 Å². The Morgan fingerprint density at radius 1 is 0.976 bits per heavy atom. The number of carbonyl (C=O) groups excluding carboxylic acids is 4. The van der Waals surface area contributed by atoms with Gasteiger partial charge in [-0.05, 0) is 70.4 Å². The monoisotopic (exact) mass is 580 g/mol. The molecule has 3 rings (SSSR count). The molecule has 4 amide bonds. The van der Waals surface area contributed by atoms with Gasteiger partial charge in [-0.3, -0.25) is 24.7 Å². The van der Waals surface area contributed by atoms with Gasteiger partial charge in [-0.2, -0.15) is 0 Å². The van der Waals surface area contributed by atoms with E-state index < -0.39 is 17.6 Å². The van der Waals surface area contributed by atoms with Gasteiger partial charge in [-0.25, -0.2) is 9.80 Å². The first-order valence-electron chi connectivity index (χ1n) is 14.2. The molecule has 1 aliphatic rings. The minimum atomic E-state index is -0.673. The van der Waals surface area contributed by atoms with Crippen LogP contribution >= 0.6 is 0 Å². The summed E-state index contributed by atoms with van der Waals surface area (Å²) < 4.78 is 5.57. The Balaban J connectivity index is 1.71. The topological polar surface area (TPSA) is 129 Å². The van der Waals surface area contributed by atoms with Crippen molar-refractivity contribution in [2.45, 2.75) is 66.3 Å². The molecular weight excluding hydrogens is 536 g/mol. The van der Waals surface area contributed by atoms with Crippen molar-refractivity contribution >= 4 is 29.5 Å². The molecule has 0 saturated heterocycles. The number of carbonyl (C=O) groups is 4. The number of amides is 4. The molecule has 3 N–H and O–H groups in total. The fourth-order valence-corrected chi connectivity index (χ4v) is 4.69. The summed E-state index contributed by atoms with van der Waals surface area (Å²) in [5, 5.41) is 6.51. The molecule has 11 nitrogen and oxygen atoms in total. The number of fused-ring (bicyclic) bond motifs is 1. The standard InChI is InChI=1S/C31H44N6O5/c1-21(2)36(30(41)42-31(4,5)6)14-15-37(26-16-23(29(32)40)13-12-22(26)3)28(39)18-33-17-27(38)34(7)35-19-24-10-8-9-11-25(24)20-35/h8-13,16,21,33H,14-15,17-20H2,1-7H3,(H2,32,40). The van der Waals surface area contributed by atoms with E-state index in [4.69, 9.17) is 10.5 Å². The third-order valence-electron chi connectivity index (χ3n) is 7.06. The van der Waals surface area contributed by atoms with E-state index in [1.54, 1.807) is 55.9 Å². The summed E-state index contributed by atoms with van der Waals surface area (Å²) in [5.74, 6) is -1.11. The number of hydrazine groups is 1. The van der Waals surface area contributed by atoms with Gasteiger partial charge in [0.1, 0.15) is 5.60 Å². The highest BCUT2D eigenvalue weighted by molar-refractivity contribution is 5.99. The molecule has 0 bridgehead atoms. The van der Waals surface area contributed by atoms with Gasteiger partial charge in [-0.15, -0.1) is 0 Å². The van der Waals surface area contributed by atoms with Crippen LogP contribution in [0.15, 0.2) is 42.5 Å². The lowest BCUT2D eigenvalue weighted by molar-refractivity contribution is -0.145. The molecule has 2 aromatic rings. The number of hydrogen-bond donors (Lipinski definition) is 2. The molecule has 0 spiro atoms. The van der Waals surface area contributed by atoms with Gasteiger partial charge < -0.3 is 20.3 Å². The van der Waals surface area contributed by atoms with Gasteiger partial charge >= 0.3 is 6.09 Å². The first kappa shape index (κ1) is 32.6. The molecule has 0 fully saturated rings. The zero-order valence-corrected chi connectivity index (χ0v) is 25.8. The summed E-state index contributed by atoms with van der Waals surface area (Å²) in [6, 6.07) is 12.8. The van der Waals surface area contributed by atoms with Crippen molar-refractivity contribution < 1.29 is 23.9 Å². The van der Waals surface area contributed by atoms with Crippen LogP contribution in [0.5, 0.6) is 0 Å². The SMILES string of the molecule is Cc1ccc(C(N)=O)cc1N(CCN(C(=O)OC(C)(C)C)C(C)C)C(=O)CNCC(=O)N(C)N1Cc2ccccc2C1. The third-order valence-corrected chi connectivity index (χ3v) is 7.06. The van der Waals surface area contributed by atoms with Gasteiger partial charge in [0.15, 0.2) is 0 Å². The van der Waals surface area contributed by atoms with Crippen molar-refractivity contribution in [3.63, 3.8) is 0 Å². The Kier molecular flexibility index (Phi) is 10.7. The fraction of sp³-hybridized carbons (Fsp3) is 0.484. The van der Waals surface area contributed by atoms with E-state index in [1.807, 2.05) is 37.9 Å². The molecular formula is C31H44N6O5. The first-order valence-corrected chi connectivity index (χ1v) is 14.2. The fourth-order valence-electron chi connectivity index (χ4n) is 4.69. The number of hydrogen-bond acceptors (Lipinski definition) is 7. The average Bonchev–Trinajstić information content (AvgIpc) is 3.34. The number of aryl methyl sites for hydroxylation is 1. The van der Waals surface area contributed by atoms with Crippen molar-refractivity contribution in [2.75, 3.05) is 38.1 Å². The molecule has 2 aromatic carbocycles. The van der Waals surface area contributed by atoms with Crippen molar-refractivity contribution in [3.05, 3.63) is 64.7 Å². The second-order valence-corrected chi connectivity index (χ2v) is 11.8. The molecule has 0 radical (unpaired) electrons. The second-order valence-electron chi connectivity index (χ2n) is 11.8. The molecule has 0 aromatic heterocycles. The van der Waals surface area contributed by atoms with E-state index in [-0.39, 0.29) is 49.6 Å². The lowest BCUT2D eigenvalue weighted by Gasteiger charge is -2.33. The maximum absolute atomic E-state index is 13.6. The van der Waals surface area contributed by atoms with Gasteiger partial charge in [0, 0.05) is 50.5 Å². The molecule has 1 heterocycles. The number of likely N-dealkylation sites (N-methyl/N-ethyl adjacent to an activating group) is 1. The molecule has 228 valence electrons. The molecule has 0 aliphatic carbocycles. The molecule has 11 heteroatoms. The number of nitrogens with one attached hydrogen (secondary N) is 1. The van der Waals surface area contributed by atoms with Crippen LogP contribution in [-0.2, 0) is 27.4 Å². The van der Waals surface area contributed by atoms with E-state index in [0.717, 1.165) is 5.56 Å². The number of anilines is 1. The first-order chi connectivity index (χ1) is 19.7. The Morgan fingerprint density at radius 2 is 1.57 bits per heavy atom. The second kappa shape index (κ2) is 13.8. The summed E-state index contributed by atoms with van der Waals surface area (Å²) >= 11 is 0. The largest absolute Gasteiger partial charge is 0.444 e. The lowest BCUT2D eigenvalue weighted by atomic mass is 10.1. The number of benzene rings is 2. The summed E-state index contributed by atoms with van der Waals surface area (Å²) in [4.78, 5) is 54.4. The Labute approximate surface area is 248 Å². The molecule has 0 atom stereocenters. The van der Waals surface area contributed by atoms with Crippen molar-refractivity contribution in [3.8, 4) is 0 Å². The maximum Gasteiger partial charge on any atom is 0.410 e. The number of nitrogens with zero attached hydrogens (tertiary/aromatic N) is 4. The van der Waals surface area contributed by atoms with Gasteiger partial charge in [-0.1, -0.05) is 30.3 Å². The van der Waals surface area contributed by atoms with E-state index >= 15 is 0 Å². The number of primary amides is 1. The maximum atomic E-state index is 13.6. The van der Waals surface area contributed by atoms with Crippen LogP contribution < -0.4 is 16.0 Å². The smallest absolute Gasteiger partial charge is 0.410 e. The van der Waals surface area contributed by atoms with Crippen molar-refractivity contribution in [1.82, 2.24) is 20.2 Å². The van der Waals surface area contributed by atoms with Crippen LogP contribution in [0.25, 0.3) is 0 Å². The van der Waals surface area contributed by atoms with E-state index in [1.165, 1.54) is 16.0 Å². The Morgan fingerprint density at radius 3 is 2.12 bits per heavy atom. The Hall–Kier alpha value is -3.96. The number of nitrogens with two attached hydrogens (primary N) is 1. The predicted molar refractivity (Wildman–Crippen MR) is 161 cm³/mol. The number of rotatable bonds is 11. The van der Waals surface area contributed by atoms with Crippen molar-refractivity contribution in [1.29, 1.82) is 0 Å². The zero-order valence-electron chi connectivity index (χ0n) is 25.8. The third kappa shape index (κ3) is 8.53. The zero-order chi connectivity index (χ0) is 31.2. The molecule has 0 unspecified atom stereocenters. The van der Waals surface area contributed by atoms with Crippen LogP contribution in [0.2, 0.25) is 0 Å². The predicted octanol–water partition coefficient (Wildman–Crippen LogP) is 3.05. The number of ether oxygens (including phenoxy) is 1. The van der Waals surface area contributed by atoms with Crippen LogP contribution in [0, 0.1) is 6.92 Å². The minimum Gasteiger partial charge on any atom is -0.444 e. The summed E-state index contributed by atoms with van der Waals surface area (Å²) in [6.45, 7) is 12.4. The summed E-state index contributed by atoms with van der Waals surface area (Å²) in [5.41, 5.74) is 8.74. The van der Waals surface area contributed by atoms with Crippen LogP contribution in [0.4, 0.5) is 10.5 Å². The van der Waals surface area contributed by atoms with E-state index in [2.05, 4.69) is 17.4 Å². The van der Waals surface area contributed by atoms with Crippen LogP contribution in [0.1, 0.15) is 61.7 Å². The van der Waals surface area contributed by atoms with E-state index in [9.17, 15) is 19.2 Å². The summed E-state index contributed by atoms with van der Waals surface area (Å²) in [7, 11) is 1.72. The van der Waals surface area contributed by atoms with Gasteiger partial charge in [0.25, 0.3) is 5.91 Å². The Bertz CT molecular complexity index is 1280. The highest BCUT2D eigenvalue weighted by Gasteiger charge is 2.28. The molecule has 0 saturated carbocycles. The van der Waals surface area contributed by atoms with E-state index in [0.29, 0.717) is 18.8 Å². The average molecular weight is 581 g/mol. The van der Waals surface area contributed by atoms with Gasteiger partial charge in [0.05, 0.1) is 13.1 Å². The molecule has 1 aliphatic heterocycles. The van der Waals surface area contributed by atoms with Crippen LogP contribution in [-0.4, -0.2) is 83.6 Å². The molecule has 42 heavy (non-hydrogen) atoms. The van der Waals surface area contributed by atoms with Crippen molar-refractivity contribution in [2.24, 2.45) is 5.73 Å².